The molecule has 2 fully saturated rings. The topological polar surface area (TPSA) is 18.5 Å². The van der Waals surface area contributed by atoms with Crippen LogP contribution in [-0.4, -0.2) is 46.2 Å². The van der Waals surface area contributed by atoms with E-state index in [2.05, 4.69) is 15.9 Å². The molecule has 0 aliphatic carbocycles. The van der Waals surface area contributed by atoms with E-state index in [4.69, 9.17) is 9.05 Å². The van der Waals surface area contributed by atoms with Gasteiger partial charge in [-0.1, -0.05) is 0 Å². The van der Waals surface area contributed by atoms with Gasteiger partial charge in [-0.25, -0.2) is 0 Å². The Balaban J connectivity index is 2.39. The first-order chi connectivity index (χ1) is 16.7. The van der Waals surface area contributed by atoms with Crippen LogP contribution in [0.3, 0.4) is 0 Å². The van der Waals surface area contributed by atoms with Crippen LogP contribution >= 0.6 is 23.0 Å². The first-order valence-electron chi connectivity index (χ1n) is 10.9. The van der Waals surface area contributed by atoms with Crippen LogP contribution in [0.4, 0.5) is 52.7 Å². The molecule has 0 aromatic heterocycles. The van der Waals surface area contributed by atoms with Gasteiger partial charge in [-0.3, -0.25) is 0 Å². The van der Waals surface area contributed by atoms with Crippen molar-refractivity contribution in [1.82, 2.24) is 0 Å². The Bertz CT molecular complexity index is 1180. The zero-order valence-electron chi connectivity index (χ0n) is 20.1. The van der Waals surface area contributed by atoms with Gasteiger partial charge < -0.3 is 0 Å². The SMILES string of the molecule is CC1C(C)(C)P23(OC(C(F)(F)F)(C(F)(F)F)C(c4ccc(Br)cc4)=C2C(C(F)(F)F)(C(F)(F)F)O3)C1(C)C. The predicted molar refractivity (Wildman–Crippen MR) is 117 cm³/mol. The third kappa shape index (κ3) is 2.66. The minimum absolute atomic E-state index is 0.0945. The molecule has 1 aromatic carbocycles. The summed E-state index contributed by atoms with van der Waals surface area (Å²) in [7, 11) is -6.34. The van der Waals surface area contributed by atoms with E-state index in [1.807, 2.05) is 0 Å². The molecule has 1 spiro atoms. The molecule has 0 saturated carbocycles. The zero-order valence-corrected chi connectivity index (χ0v) is 22.5. The third-order valence-electron chi connectivity index (χ3n) is 8.89. The molecule has 2 saturated heterocycles. The summed E-state index contributed by atoms with van der Waals surface area (Å²) in [5, 5.41) is -6.37. The van der Waals surface area contributed by atoms with Gasteiger partial charge in [-0.2, -0.15) is 0 Å². The first-order valence-corrected chi connectivity index (χ1v) is 13.7. The van der Waals surface area contributed by atoms with E-state index in [1.54, 1.807) is 0 Å². The van der Waals surface area contributed by atoms with Crippen LogP contribution in [0.1, 0.15) is 40.2 Å². The summed E-state index contributed by atoms with van der Waals surface area (Å²) >= 11 is 2.91. The molecule has 1 aromatic rings. The fourth-order valence-electron chi connectivity index (χ4n) is 6.84. The minimum atomic E-state index is -6.54. The summed E-state index contributed by atoms with van der Waals surface area (Å²) in [5.74, 6) is -1.01. The molecule has 2 nitrogen and oxygen atoms in total. The van der Waals surface area contributed by atoms with Crippen molar-refractivity contribution in [2.75, 3.05) is 0 Å². The molecule has 216 valence electrons. The van der Waals surface area contributed by atoms with Crippen LogP contribution in [0.15, 0.2) is 34.1 Å². The van der Waals surface area contributed by atoms with Crippen LogP contribution in [0, 0.1) is 5.92 Å². The second-order valence-electron chi connectivity index (χ2n) is 10.8. The zero-order chi connectivity index (χ0) is 29.6. The van der Waals surface area contributed by atoms with Crippen molar-refractivity contribution < 1.29 is 61.7 Å². The quantitative estimate of drug-likeness (QED) is 0.222. The Kier molecular flexibility index (Phi) is 5.69. The monoisotopic (exact) mass is 654 g/mol. The third-order valence-corrected chi connectivity index (χ3v) is 17.0. The van der Waals surface area contributed by atoms with Crippen LogP contribution < -0.4 is 0 Å². The van der Waals surface area contributed by atoms with E-state index in [9.17, 15) is 52.7 Å². The molecule has 3 heterocycles. The molecule has 3 aliphatic rings. The summed E-state index contributed by atoms with van der Waals surface area (Å²) in [4.78, 5) is 0. The Labute approximate surface area is 216 Å². The fraction of sp³-hybridized carbons (Fsp3) is 0.636. The summed E-state index contributed by atoms with van der Waals surface area (Å²) in [5.41, 5.74) is -14.5. The maximum atomic E-state index is 14.8. The van der Waals surface area contributed by atoms with E-state index < -0.39 is 75.6 Å². The van der Waals surface area contributed by atoms with E-state index in [1.165, 1.54) is 6.92 Å². The van der Waals surface area contributed by atoms with Crippen molar-refractivity contribution in [2.45, 2.75) is 80.8 Å². The first kappa shape index (κ1) is 29.9. The number of rotatable bonds is 1. The van der Waals surface area contributed by atoms with Crippen LogP contribution in [-0.2, 0) is 9.05 Å². The average Bonchev–Trinajstić information content (AvgIpc) is 2.92. The van der Waals surface area contributed by atoms with E-state index in [0.717, 1.165) is 39.8 Å². The van der Waals surface area contributed by atoms with Gasteiger partial charge in [0.25, 0.3) is 0 Å². The Morgan fingerprint density at radius 1 is 0.658 bits per heavy atom. The maximum absolute atomic E-state index is 14.8. The van der Waals surface area contributed by atoms with Crippen LogP contribution in [0.2, 0.25) is 0 Å². The molecule has 0 radical (unpaired) electrons. The van der Waals surface area contributed by atoms with Crippen LogP contribution in [0.25, 0.3) is 5.57 Å². The van der Waals surface area contributed by atoms with Crippen molar-refractivity contribution in [3.63, 3.8) is 0 Å². The summed E-state index contributed by atoms with van der Waals surface area (Å²) in [6.07, 6.45) is -26.1. The van der Waals surface area contributed by atoms with E-state index >= 15 is 0 Å². The normalized spacial score (nSPS) is 29.6. The van der Waals surface area contributed by atoms with Gasteiger partial charge >= 0.3 is 217 Å². The summed E-state index contributed by atoms with van der Waals surface area (Å²) in [6.45, 7) is 5.24. The second kappa shape index (κ2) is 7.23. The van der Waals surface area contributed by atoms with Gasteiger partial charge in [0.05, 0.1) is 0 Å². The van der Waals surface area contributed by atoms with Crippen molar-refractivity contribution in [3.05, 3.63) is 39.6 Å². The molecule has 4 rings (SSSR count). The van der Waals surface area contributed by atoms with Gasteiger partial charge in [-0.15, -0.1) is 0 Å². The van der Waals surface area contributed by atoms with Crippen molar-refractivity contribution >= 4 is 28.6 Å². The number of benzene rings is 1. The van der Waals surface area contributed by atoms with Gasteiger partial charge in [0.2, 0.25) is 0 Å². The Morgan fingerprint density at radius 2 is 1.00 bits per heavy atom. The number of alkyl halides is 12. The number of hydrogen-bond acceptors (Lipinski definition) is 2. The predicted octanol–water partition coefficient (Wildman–Crippen LogP) is 9.54. The van der Waals surface area contributed by atoms with Crippen molar-refractivity contribution in [1.29, 1.82) is 0 Å². The van der Waals surface area contributed by atoms with Crippen molar-refractivity contribution in [3.8, 4) is 0 Å². The molecule has 16 heteroatoms. The fourth-order valence-corrected chi connectivity index (χ4v) is 15.8. The Morgan fingerprint density at radius 3 is 1.34 bits per heavy atom. The molecule has 0 atom stereocenters. The Hall–Kier alpha value is -1.05. The second-order valence-corrected chi connectivity index (χ2v) is 16.7. The van der Waals surface area contributed by atoms with Gasteiger partial charge in [-0.05, 0) is 0 Å². The number of halogens is 13. The van der Waals surface area contributed by atoms with Gasteiger partial charge in [0.15, 0.2) is 0 Å². The molecule has 38 heavy (non-hydrogen) atoms. The molecule has 0 bridgehead atoms. The molecule has 0 unspecified atom stereocenters. The van der Waals surface area contributed by atoms with Crippen molar-refractivity contribution in [2.24, 2.45) is 5.92 Å². The number of hydrogen-bond donors (Lipinski definition) is 0. The molecule has 0 N–H and O–H groups in total. The molecule has 3 aliphatic heterocycles. The molecular formula is C22H20BrF12O2P. The summed E-state index contributed by atoms with van der Waals surface area (Å²) in [6, 6.07) is 2.97. The summed E-state index contributed by atoms with van der Waals surface area (Å²) < 4.78 is 186. The van der Waals surface area contributed by atoms with Gasteiger partial charge in [0.1, 0.15) is 0 Å². The van der Waals surface area contributed by atoms with E-state index in [0.29, 0.717) is 12.1 Å². The standard InChI is InChI=1S/C22H20BrF12O2P/c1-10-15(2,3)38(16(10,4)5)14(18(37-38,21(30,31)32)22(33,34)35)13(11-6-8-12(23)9-7-11)17(36-38,19(24,25)26)20(27,28)29/h6-10H,1-5H3. The molecule has 0 amide bonds. The molecular weight excluding hydrogens is 635 g/mol. The van der Waals surface area contributed by atoms with Crippen LogP contribution in [0.5, 0.6) is 0 Å². The average molecular weight is 655 g/mol. The van der Waals surface area contributed by atoms with Gasteiger partial charge in [0, 0.05) is 0 Å². The van der Waals surface area contributed by atoms with E-state index in [-0.39, 0.29) is 4.47 Å².